The van der Waals surface area contributed by atoms with Crippen LogP contribution in [-0.2, 0) is 14.3 Å². The predicted octanol–water partition coefficient (Wildman–Crippen LogP) is 7.80. The first kappa shape index (κ1) is 26.1. The zero-order valence-electron chi connectivity index (χ0n) is 17.1. The van der Waals surface area contributed by atoms with Crippen molar-refractivity contribution >= 4 is 46.7 Å². The standard InChI is InChI=1S/C22H31Cl3O4/c1-2-3-4-5-6-7-8-9-10-14-28-21(26)12-11-13-22(27)29-20-16-18(24)17(23)15-19(20)25/h15-16H,2-14H2,1H3. The molecular formula is C22H31Cl3O4. The van der Waals surface area contributed by atoms with E-state index in [1.54, 1.807) is 0 Å². The molecule has 0 unspecified atom stereocenters. The molecular weight excluding hydrogens is 435 g/mol. The van der Waals surface area contributed by atoms with E-state index in [1.807, 2.05) is 0 Å². The van der Waals surface area contributed by atoms with E-state index in [1.165, 1.54) is 57.1 Å². The monoisotopic (exact) mass is 464 g/mol. The number of unbranched alkanes of at least 4 members (excludes halogenated alkanes) is 8. The molecule has 1 aromatic rings. The summed E-state index contributed by atoms with van der Waals surface area (Å²) in [5.74, 6) is -0.624. The summed E-state index contributed by atoms with van der Waals surface area (Å²) in [4.78, 5) is 23.6. The number of halogens is 3. The van der Waals surface area contributed by atoms with Crippen molar-refractivity contribution in [2.75, 3.05) is 6.61 Å². The van der Waals surface area contributed by atoms with Gasteiger partial charge in [0.15, 0.2) is 5.75 Å². The van der Waals surface area contributed by atoms with E-state index in [0.717, 1.165) is 12.8 Å². The fraction of sp³-hybridized carbons (Fsp3) is 0.636. The molecule has 0 amide bonds. The molecule has 0 radical (unpaired) electrons. The van der Waals surface area contributed by atoms with E-state index in [9.17, 15) is 9.59 Å². The van der Waals surface area contributed by atoms with Crippen LogP contribution in [0.1, 0.15) is 84.0 Å². The van der Waals surface area contributed by atoms with Gasteiger partial charge in [0.1, 0.15) is 0 Å². The number of rotatable bonds is 15. The highest BCUT2D eigenvalue weighted by atomic mass is 35.5. The van der Waals surface area contributed by atoms with Crippen molar-refractivity contribution in [2.24, 2.45) is 0 Å². The highest BCUT2D eigenvalue weighted by Gasteiger charge is 2.12. The number of hydrogen-bond acceptors (Lipinski definition) is 4. The van der Waals surface area contributed by atoms with Crippen LogP contribution in [0, 0.1) is 0 Å². The molecule has 0 atom stereocenters. The number of ether oxygens (including phenoxy) is 2. The molecule has 0 heterocycles. The van der Waals surface area contributed by atoms with Gasteiger partial charge in [-0.05, 0) is 18.9 Å². The third kappa shape index (κ3) is 12.3. The Hall–Kier alpha value is -0.970. The molecule has 0 bridgehead atoms. The Kier molecular flexibility index (Phi) is 14.2. The van der Waals surface area contributed by atoms with E-state index in [0.29, 0.717) is 13.0 Å². The zero-order chi connectivity index (χ0) is 21.5. The van der Waals surface area contributed by atoms with Crippen molar-refractivity contribution in [1.82, 2.24) is 0 Å². The minimum Gasteiger partial charge on any atom is -0.466 e. The number of esters is 2. The summed E-state index contributed by atoms with van der Waals surface area (Å²) in [7, 11) is 0. The lowest BCUT2D eigenvalue weighted by atomic mass is 10.1. The Morgan fingerprint density at radius 3 is 1.93 bits per heavy atom. The van der Waals surface area contributed by atoms with Crippen LogP contribution in [0.5, 0.6) is 5.75 Å². The first-order valence-corrected chi connectivity index (χ1v) is 11.6. The van der Waals surface area contributed by atoms with Crippen LogP contribution >= 0.6 is 34.8 Å². The van der Waals surface area contributed by atoms with Crippen molar-refractivity contribution < 1.29 is 19.1 Å². The second kappa shape index (κ2) is 15.8. The minimum atomic E-state index is -0.489. The van der Waals surface area contributed by atoms with Crippen molar-refractivity contribution in [3.63, 3.8) is 0 Å². The molecule has 29 heavy (non-hydrogen) atoms. The van der Waals surface area contributed by atoms with Gasteiger partial charge in [0.05, 0.1) is 21.7 Å². The molecule has 0 fully saturated rings. The Labute approximate surface area is 189 Å². The van der Waals surface area contributed by atoms with E-state index in [4.69, 9.17) is 44.3 Å². The smallest absolute Gasteiger partial charge is 0.311 e. The number of hydrogen-bond donors (Lipinski definition) is 0. The van der Waals surface area contributed by atoms with Crippen LogP contribution in [0.15, 0.2) is 12.1 Å². The predicted molar refractivity (Wildman–Crippen MR) is 119 cm³/mol. The van der Waals surface area contributed by atoms with Crippen molar-refractivity contribution in [2.45, 2.75) is 84.0 Å². The Balaban J connectivity index is 2.05. The van der Waals surface area contributed by atoms with Gasteiger partial charge in [-0.15, -0.1) is 0 Å². The maximum Gasteiger partial charge on any atom is 0.311 e. The largest absolute Gasteiger partial charge is 0.466 e. The highest BCUT2D eigenvalue weighted by molar-refractivity contribution is 6.43. The second-order valence-corrected chi connectivity index (χ2v) is 8.29. The molecule has 0 saturated heterocycles. The van der Waals surface area contributed by atoms with Crippen LogP contribution in [0.25, 0.3) is 0 Å². The van der Waals surface area contributed by atoms with Gasteiger partial charge < -0.3 is 9.47 Å². The van der Waals surface area contributed by atoms with Crippen LogP contribution < -0.4 is 4.74 Å². The molecule has 0 aromatic heterocycles. The molecule has 1 aromatic carbocycles. The lowest BCUT2D eigenvalue weighted by molar-refractivity contribution is -0.144. The van der Waals surface area contributed by atoms with E-state index < -0.39 is 5.97 Å². The third-order valence-corrected chi connectivity index (χ3v) is 5.49. The highest BCUT2D eigenvalue weighted by Crippen LogP contribution is 2.34. The molecule has 7 heteroatoms. The molecule has 0 aliphatic carbocycles. The number of carbonyl (C=O) groups is 2. The van der Waals surface area contributed by atoms with Gasteiger partial charge >= 0.3 is 11.9 Å². The quantitative estimate of drug-likeness (QED) is 0.115. The van der Waals surface area contributed by atoms with Crippen molar-refractivity contribution in [3.05, 3.63) is 27.2 Å². The van der Waals surface area contributed by atoms with Crippen molar-refractivity contribution in [1.29, 1.82) is 0 Å². The SMILES string of the molecule is CCCCCCCCCCCOC(=O)CCCC(=O)Oc1cc(Cl)c(Cl)cc1Cl. The molecule has 1 rings (SSSR count). The normalized spacial score (nSPS) is 10.8. The van der Waals surface area contributed by atoms with Crippen LogP contribution in [0.2, 0.25) is 15.1 Å². The average Bonchev–Trinajstić information content (AvgIpc) is 2.67. The van der Waals surface area contributed by atoms with Crippen molar-refractivity contribution in [3.8, 4) is 5.75 Å². The van der Waals surface area contributed by atoms with Gasteiger partial charge in [-0.3, -0.25) is 9.59 Å². The van der Waals surface area contributed by atoms with E-state index >= 15 is 0 Å². The number of benzene rings is 1. The van der Waals surface area contributed by atoms with Crippen LogP contribution in [-0.4, -0.2) is 18.5 Å². The van der Waals surface area contributed by atoms with E-state index in [-0.39, 0.29) is 39.6 Å². The molecule has 0 spiro atoms. The van der Waals surface area contributed by atoms with Gasteiger partial charge in [0.25, 0.3) is 0 Å². The molecule has 0 aliphatic rings. The summed E-state index contributed by atoms with van der Waals surface area (Å²) in [5.41, 5.74) is 0. The first-order valence-electron chi connectivity index (χ1n) is 10.4. The van der Waals surface area contributed by atoms with E-state index in [2.05, 4.69) is 6.92 Å². The molecule has 0 aliphatic heterocycles. The molecule has 164 valence electrons. The third-order valence-electron chi connectivity index (χ3n) is 4.47. The average molecular weight is 466 g/mol. The number of carbonyl (C=O) groups excluding carboxylic acids is 2. The maximum atomic E-state index is 11.9. The molecule has 4 nitrogen and oxygen atoms in total. The molecule has 0 N–H and O–H groups in total. The zero-order valence-corrected chi connectivity index (χ0v) is 19.4. The van der Waals surface area contributed by atoms with Gasteiger partial charge in [0, 0.05) is 18.9 Å². The lowest BCUT2D eigenvalue weighted by Gasteiger charge is -2.08. The fourth-order valence-corrected chi connectivity index (χ4v) is 3.38. The van der Waals surface area contributed by atoms with Gasteiger partial charge in [0.2, 0.25) is 0 Å². The maximum absolute atomic E-state index is 11.9. The summed E-state index contributed by atoms with van der Waals surface area (Å²) < 4.78 is 10.4. The molecule has 0 saturated carbocycles. The summed E-state index contributed by atoms with van der Waals surface area (Å²) >= 11 is 17.7. The Morgan fingerprint density at radius 2 is 1.28 bits per heavy atom. The van der Waals surface area contributed by atoms with Gasteiger partial charge in [-0.1, -0.05) is 93.1 Å². The first-order chi connectivity index (χ1) is 13.9. The van der Waals surface area contributed by atoms with Crippen LogP contribution in [0.3, 0.4) is 0 Å². The summed E-state index contributed by atoms with van der Waals surface area (Å²) in [5, 5.41) is 0.734. The van der Waals surface area contributed by atoms with Gasteiger partial charge in [-0.25, -0.2) is 0 Å². The summed E-state index contributed by atoms with van der Waals surface area (Å²) in [6, 6.07) is 2.81. The topological polar surface area (TPSA) is 52.6 Å². The summed E-state index contributed by atoms with van der Waals surface area (Å²) in [6.45, 7) is 2.67. The van der Waals surface area contributed by atoms with Gasteiger partial charge in [-0.2, -0.15) is 0 Å². The second-order valence-electron chi connectivity index (χ2n) is 7.07. The Bertz CT molecular complexity index is 635. The Morgan fingerprint density at radius 1 is 0.724 bits per heavy atom. The summed E-state index contributed by atoms with van der Waals surface area (Å²) in [6.07, 6.45) is 11.6. The lowest BCUT2D eigenvalue weighted by Crippen LogP contribution is -2.11. The fourth-order valence-electron chi connectivity index (χ4n) is 2.80. The minimum absolute atomic E-state index is 0.0870. The van der Waals surface area contributed by atoms with Crippen LogP contribution in [0.4, 0.5) is 0 Å².